The zero-order chi connectivity index (χ0) is 29.0. The Morgan fingerprint density at radius 2 is 1.55 bits per heavy atom. The van der Waals surface area contributed by atoms with Crippen molar-refractivity contribution in [2.75, 3.05) is 6.54 Å². The van der Waals surface area contributed by atoms with Crippen molar-refractivity contribution in [3.63, 3.8) is 0 Å². The number of carbonyl (C=O) groups excluding carboxylic acids is 3. The molecule has 216 valence electrons. The molecule has 0 aliphatic carbocycles. The van der Waals surface area contributed by atoms with Crippen LogP contribution in [0.3, 0.4) is 0 Å². The molecule has 2 N–H and O–H groups in total. The molecule has 0 saturated carbocycles. The monoisotopic (exact) mass is 531 g/mol. The fraction of sp³-hybridized carbons (Fsp3) is 0.710. The Morgan fingerprint density at radius 3 is 2.08 bits per heavy atom. The Balaban J connectivity index is 3.53. The van der Waals surface area contributed by atoms with Crippen molar-refractivity contribution in [1.29, 1.82) is 0 Å². The molecule has 1 aromatic rings. The maximum absolute atomic E-state index is 14.3. The van der Waals surface area contributed by atoms with E-state index in [1.54, 1.807) is 25.7 Å². The van der Waals surface area contributed by atoms with Crippen molar-refractivity contribution in [2.45, 2.75) is 131 Å². The number of hydrogen-bond acceptors (Lipinski definition) is 4. The van der Waals surface area contributed by atoms with Gasteiger partial charge in [0.25, 0.3) is 0 Å². The van der Waals surface area contributed by atoms with E-state index >= 15 is 0 Å². The van der Waals surface area contributed by atoms with Crippen molar-refractivity contribution in [3.05, 3.63) is 34.9 Å². The third kappa shape index (κ3) is 11.0. The molecule has 3 unspecified atom stereocenters. The number of nitrogens with one attached hydrogen (secondary N) is 2. The van der Waals surface area contributed by atoms with Gasteiger partial charge in [-0.1, -0.05) is 71.1 Å². The summed E-state index contributed by atoms with van der Waals surface area (Å²) in [4.78, 5) is 42.4. The van der Waals surface area contributed by atoms with E-state index in [2.05, 4.69) is 17.6 Å². The van der Waals surface area contributed by atoms with Gasteiger partial charge >= 0.3 is 6.09 Å². The Bertz CT molecular complexity index is 907. The summed E-state index contributed by atoms with van der Waals surface area (Å²) in [6.45, 7) is 19.8. The highest BCUT2D eigenvalue weighted by atomic mass is 16.6. The average molecular weight is 532 g/mol. The summed E-state index contributed by atoms with van der Waals surface area (Å²) in [5, 5.41) is 5.87. The van der Waals surface area contributed by atoms with E-state index in [1.165, 1.54) is 0 Å². The molecule has 0 aromatic heterocycles. The van der Waals surface area contributed by atoms with E-state index in [4.69, 9.17) is 4.74 Å². The molecule has 0 fully saturated rings. The van der Waals surface area contributed by atoms with Gasteiger partial charge in [0.1, 0.15) is 17.7 Å². The van der Waals surface area contributed by atoms with Crippen LogP contribution in [0.1, 0.15) is 117 Å². The lowest BCUT2D eigenvalue weighted by atomic mass is 9.94. The highest BCUT2D eigenvalue weighted by Gasteiger charge is 2.38. The molecular formula is C31H53N3O4. The van der Waals surface area contributed by atoms with E-state index in [0.717, 1.165) is 48.8 Å². The molecule has 0 spiro atoms. The lowest BCUT2D eigenvalue weighted by Gasteiger charge is -2.36. The molecule has 3 amide bonds. The highest BCUT2D eigenvalue weighted by molar-refractivity contribution is 5.92. The van der Waals surface area contributed by atoms with Gasteiger partial charge in [-0.25, -0.2) is 4.79 Å². The predicted molar refractivity (Wildman–Crippen MR) is 155 cm³/mol. The van der Waals surface area contributed by atoms with Crippen LogP contribution in [-0.2, 0) is 14.3 Å². The van der Waals surface area contributed by atoms with Gasteiger partial charge in [-0.05, 0) is 77.5 Å². The van der Waals surface area contributed by atoms with E-state index in [1.807, 2.05) is 59.7 Å². The summed E-state index contributed by atoms with van der Waals surface area (Å²) in [5.74, 6) is -0.626. The molecule has 0 aliphatic heterocycles. The topological polar surface area (TPSA) is 87.7 Å². The van der Waals surface area contributed by atoms with E-state index < -0.39 is 23.8 Å². The highest BCUT2D eigenvalue weighted by Crippen LogP contribution is 2.27. The number of hydrogen-bond donors (Lipinski definition) is 2. The fourth-order valence-corrected chi connectivity index (χ4v) is 4.32. The smallest absolute Gasteiger partial charge is 0.408 e. The lowest BCUT2D eigenvalue weighted by molar-refractivity contribution is -0.143. The third-order valence-corrected chi connectivity index (χ3v) is 6.77. The van der Waals surface area contributed by atoms with Gasteiger partial charge in [0.15, 0.2) is 0 Å². The van der Waals surface area contributed by atoms with Crippen molar-refractivity contribution in [2.24, 2.45) is 5.92 Å². The van der Waals surface area contributed by atoms with Crippen LogP contribution in [-0.4, -0.2) is 47.0 Å². The number of unbranched alkanes of at least 4 members (excludes halogenated alkanes) is 4. The summed E-state index contributed by atoms with van der Waals surface area (Å²) in [6.07, 6.45) is 5.14. The number of carbonyl (C=O) groups is 3. The van der Waals surface area contributed by atoms with Gasteiger partial charge in [-0.15, -0.1) is 0 Å². The number of rotatable bonds is 14. The summed E-state index contributed by atoms with van der Waals surface area (Å²) in [5.41, 5.74) is 2.27. The van der Waals surface area contributed by atoms with Crippen LogP contribution in [0.5, 0.6) is 0 Å². The SMILES string of the molecule is CCCCCCCN(C(=O)C(NC(=O)OC(C)(C)C)C(C)CC)C(C(=O)NC(C)C)c1ccc(C)c(C)c1. The normalized spacial score (nSPS) is 14.0. The molecule has 0 heterocycles. The van der Waals surface area contributed by atoms with Crippen LogP contribution in [0.2, 0.25) is 0 Å². The Kier molecular flexibility index (Phi) is 13.9. The molecule has 0 radical (unpaired) electrons. The summed E-state index contributed by atoms with van der Waals surface area (Å²) >= 11 is 0. The third-order valence-electron chi connectivity index (χ3n) is 6.77. The number of nitrogens with zero attached hydrogens (tertiary/aromatic N) is 1. The van der Waals surface area contributed by atoms with Crippen molar-refractivity contribution in [1.82, 2.24) is 15.5 Å². The first-order valence-corrected chi connectivity index (χ1v) is 14.4. The Morgan fingerprint density at radius 1 is 0.921 bits per heavy atom. The standard InChI is InChI=1S/C31H53N3O4/c1-11-13-14-15-16-19-34(29(36)26(22(5)12-2)33-30(37)38-31(8,9)10)27(28(35)32-21(3)4)25-18-17-23(6)24(7)20-25/h17-18,20-22,26-27H,11-16,19H2,1-10H3,(H,32,35)(H,33,37). The molecular weight excluding hydrogens is 478 g/mol. The van der Waals surface area contributed by atoms with Crippen molar-refractivity contribution >= 4 is 17.9 Å². The molecule has 0 bridgehead atoms. The fourth-order valence-electron chi connectivity index (χ4n) is 4.32. The van der Waals surface area contributed by atoms with Gasteiger partial charge < -0.3 is 20.3 Å². The van der Waals surface area contributed by atoms with Gasteiger partial charge in [0.05, 0.1) is 0 Å². The maximum Gasteiger partial charge on any atom is 0.408 e. The van der Waals surface area contributed by atoms with Crippen LogP contribution in [0, 0.1) is 19.8 Å². The number of amides is 3. The zero-order valence-corrected chi connectivity index (χ0v) is 25.6. The molecule has 0 saturated heterocycles. The first-order valence-electron chi connectivity index (χ1n) is 14.4. The van der Waals surface area contributed by atoms with E-state index in [9.17, 15) is 14.4 Å². The second-order valence-corrected chi connectivity index (χ2v) is 11.9. The molecule has 1 aromatic carbocycles. The molecule has 1 rings (SSSR count). The summed E-state index contributed by atoms with van der Waals surface area (Å²) in [6, 6.07) is 4.23. The number of ether oxygens (including phenoxy) is 1. The summed E-state index contributed by atoms with van der Waals surface area (Å²) in [7, 11) is 0. The predicted octanol–water partition coefficient (Wildman–Crippen LogP) is 6.61. The van der Waals surface area contributed by atoms with Crippen LogP contribution in [0.15, 0.2) is 18.2 Å². The number of benzene rings is 1. The zero-order valence-electron chi connectivity index (χ0n) is 25.6. The minimum Gasteiger partial charge on any atom is -0.444 e. The quantitative estimate of drug-likeness (QED) is 0.265. The Hall–Kier alpha value is -2.57. The molecule has 0 aliphatic rings. The van der Waals surface area contributed by atoms with Crippen LogP contribution in [0.25, 0.3) is 0 Å². The second kappa shape index (κ2) is 15.7. The van der Waals surface area contributed by atoms with Gasteiger partial charge in [0, 0.05) is 12.6 Å². The second-order valence-electron chi connectivity index (χ2n) is 11.9. The molecule has 3 atom stereocenters. The molecule has 7 heteroatoms. The number of aryl methyl sites for hydroxylation is 2. The van der Waals surface area contributed by atoms with Gasteiger partial charge in [-0.2, -0.15) is 0 Å². The van der Waals surface area contributed by atoms with E-state index in [0.29, 0.717) is 13.0 Å². The molecule has 38 heavy (non-hydrogen) atoms. The van der Waals surface area contributed by atoms with Gasteiger partial charge in [0.2, 0.25) is 11.8 Å². The first kappa shape index (κ1) is 33.5. The largest absolute Gasteiger partial charge is 0.444 e. The number of alkyl carbamates (subject to hydrolysis) is 1. The summed E-state index contributed by atoms with van der Waals surface area (Å²) < 4.78 is 5.49. The van der Waals surface area contributed by atoms with Gasteiger partial charge in [-0.3, -0.25) is 9.59 Å². The minimum atomic E-state index is -0.814. The van der Waals surface area contributed by atoms with Crippen LogP contribution in [0.4, 0.5) is 4.79 Å². The average Bonchev–Trinajstić information content (AvgIpc) is 2.81. The Labute approximate surface area is 231 Å². The lowest BCUT2D eigenvalue weighted by Crippen LogP contribution is -2.55. The van der Waals surface area contributed by atoms with Crippen molar-refractivity contribution < 1.29 is 19.1 Å². The maximum atomic E-state index is 14.3. The van der Waals surface area contributed by atoms with Crippen LogP contribution >= 0.6 is 0 Å². The van der Waals surface area contributed by atoms with Crippen molar-refractivity contribution in [3.8, 4) is 0 Å². The molecule has 7 nitrogen and oxygen atoms in total. The van der Waals surface area contributed by atoms with E-state index in [-0.39, 0.29) is 23.8 Å². The first-order chi connectivity index (χ1) is 17.7. The van der Waals surface area contributed by atoms with Crippen LogP contribution < -0.4 is 10.6 Å². The minimum absolute atomic E-state index is 0.0803.